The van der Waals surface area contributed by atoms with Crippen molar-refractivity contribution in [1.29, 1.82) is 0 Å². The highest BCUT2D eigenvalue weighted by atomic mass is 32.1. The van der Waals surface area contributed by atoms with Crippen molar-refractivity contribution in [1.82, 2.24) is 0 Å². The molecule has 2 aromatic heterocycles. The van der Waals surface area contributed by atoms with E-state index in [1.807, 2.05) is 18.2 Å². The number of aliphatic hydroxyl groups is 1. The molecule has 1 N–H and O–H groups in total. The fourth-order valence-electron chi connectivity index (χ4n) is 2.12. The maximum absolute atomic E-state index is 10.6. The Kier molecular flexibility index (Phi) is 3.65. The SMILES string of the molecule is COc1ccc(C(O)c2cc3sccc3s2)c(OC)c1. The van der Waals surface area contributed by atoms with Crippen LogP contribution in [0.3, 0.4) is 0 Å². The molecular formula is C15H14O3S2. The van der Waals surface area contributed by atoms with Crippen molar-refractivity contribution in [2.24, 2.45) is 0 Å². The van der Waals surface area contributed by atoms with Gasteiger partial charge in [-0.2, -0.15) is 0 Å². The van der Waals surface area contributed by atoms with E-state index in [1.54, 1.807) is 43.0 Å². The summed E-state index contributed by atoms with van der Waals surface area (Å²) in [7, 11) is 3.20. The summed E-state index contributed by atoms with van der Waals surface area (Å²) >= 11 is 3.29. The van der Waals surface area contributed by atoms with Crippen LogP contribution in [0, 0.1) is 0 Å². The highest BCUT2D eigenvalue weighted by Gasteiger charge is 2.18. The van der Waals surface area contributed by atoms with Gasteiger partial charge in [-0.15, -0.1) is 22.7 Å². The standard InChI is InChI=1S/C15H14O3S2/c1-17-9-3-4-10(11(7-9)18-2)15(16)14-8-13-12(20-14)5-6-19-13/h3-8,15-16H,1-2H3. The third kappa shape index (κ3) is 2.28. The maximum Gasteiger partial charge on any atom is 0.128 e. The number of methoxy groups -OCH3 is 2. The summed E-state index contributed by atoms with van der Waals surface area (Å²) in [5.74, 6) is 1.35. The van der Waals surface area contributed by atoms with Crippen molar-refractivity contribution in [2.45, 2.75) is 6.10 Å². The van der Waals surface area contributed by atoms with Crippen molar-refractivity contribution in [3.8, 4) is 11.5 Å². The van der Waals surface area contributed by atoms with E-state index in [4.69, 9.17) is 9.47 Å². The van der Waals surface area contributed by atoms with E-state index in [0.717, 1.165) is 10.4 Å². The Morgan fingerprint density at radius 3 is 2.60 bits per heavy atom. The Hall–Kier alpha value is -1.56. The second kappa shape index (κ2) is 5.44. The van der Waals surface area contributed by atoms with Gasteiger partial charge in [0.05, 0.1) is 14.2 Å². The molecule has 1 atom stereocenters. The molecule has 3 aromatic rings. The first-order chi connectivity index (χ1) is 9.72. The van der Waals surface area contributed by atoms with E-state index in [-0.39, 0.29) is 0 Å². The highest BCUT2D eigenvalue weighted by Crippen LogP contribution is 2.39. The van der Waals surface area contributed by atoms with Crippen LogP contribution in [-0.2, 0) is 0 Å². The Morgan fingerprint density at radius 1 is 1.05 bits per heavy atom. The number of thiophene rings is 2. The van der Waals surface area contributed by atoms with Crippen LogP contribution < -0.4 is 9.47 Å². The molecule has 0 saturated heterocycles. The van der Waals surface area contributed by atoms with Gasteiger partial charge in [0.25, 0.3) is 0 Å². The summed E-state index contributed by atoms with van der Waals surface area (Å²) in [6.07, 6.45) is -0.680. The molecule has 0 saturated carbocycles. The lowest BCUT2D eigenvalue weighted by Crippen LogP contribution is -2.01. The van der Waals surface area contributed by atoms with E-state index in [2.05, 4.69) is 11.4 Å². The molecule has 0 radical (unpaired) electrons. The number of rotatable bonds is 4. The molecular weight excluding hydrogens is 292 g/mol. The molecule has 3 nitrogen and oxygen atoms in total. The lowest BCUT2D eigenvalue weighted by Gasteiger charge is -2.14. The van der Waals surface area contributed by atoms with Crippen LogP contribution in [0.15, 0.2) is 35.7 Å². The molecule has 0 amide bonds. The van der Waals surface area contributed by atoms with Crippen LogP contribution in [0.1, 0.15) is 16.5 Å². The number of fused-ring (bicyclic) bond motifs is 1. The smallest absolute Gasteiger partial charge is 0.128 e. The van der Waals surface area contributed by atoms with Gasteiger partial charge in [0, 0.05) is 25.9 Å². The van der Waals surface area contributed by atoms with Crippen LogP contribution in [0.5, 0.6) is 11.5 Å². The number of hydrogen-bond donors (Lipinski definition) is 1. The Labute approximate surface area is 125 Å². The van der Waals surface area contributed by atoms with Crippen LogP contribution in [0.2, 0.25) is 0 Å². The fourth-order valence-corrected chi connectivity index (χ4v) is 4.24. The van der Waals surface area contributed by atoms with Gasteiger partial charge in [-0.25, -0.2) is 0 Å². The zero-order chi connectivity index (χ0) is 14.1. The number of aliphatic hydroxyl groups excluding tert-OH is 1. The average molecular weight is 306 g/mol. The first kappa shape index (κ1) is 13.4. The predicted octanol–water partition coefficient (Wildman–Crippen LogP) is 4.06. The Bertz CT molecular complexity index is 701. The lowest BCUT2D eigenvalue weighted by atomic mass is 10.1. The molecule has 0 fully saturated rings. The molecule has 3 rings (SSSR count). The molecule has 20 heavy (non-hydrogen) atoms. The van der Waals surface area contributed by atoms with Crippen LogP contribution in [0.4, 0.5) is 0 Å². The zero-order valence-corrected chi connectivity index (χ0v) is 12.8. The predicted molar refractivity (Wildman–Crippen MR) is 83.3 cm³/mol. The number of benzene rings is 1. The average Bonchev–Trinajstić information content (AvgIpc) is 3.07. The molecule has 1 unspecified atom stereocenters. The number of hydrogen-bond acceptors (Lipinski definition) is 5. The molecule has 2 heterocycles. The maximum atomic E-state index is 10.6. The summed E-state index contributed by atoms with van der Waals surface area (Å²) in [5, 5.41) is 12.6. The molecule has 5 heteroatoms. The number of ether oxygens (including phenoxy) is 2. The molecule has 0 bridgehead atoms. The Balaban J connectivity index is 2.00. The van der Waals surface area contributed by atoms with Crippen LogP contribution in [0.25, 0.3) is 9.40 Å². The Morgan fingerprint density at radius 2 is 1.90 bits per heavy atom. The van der Waals surface area contributed by atoms with Gasteiger partial charge < -0.3 is 14.6 Å². The van der Waals surface area contributed by atoms with Crippen molar-refractivity contribution in [3.63, 3.8) is 0 Å². The molecule has 0 spiro atoms. The lowest BCUT2D eigenvalue weighted by molar-refractivity contribution is 0.218. The van der Waals surface area contributed by atoms with E-state index in [1.165, 1.54) is 9.40 Å². The van der Waals surface area contributed by atoms with Crippen molar-refractivity contribution in [3.05, 3.63) is 46.2 Å². The fraction of sp³-hybridized carbons (Fsp3) is 0.200. The minimum Gasteiger partial charge on any atom is -0.497 e. The van der Waals surface area contributed by atoms with Crippen molar-refractivity contribution < 1.29 is 14.6 Å². The van der Waals surface area contributed by atoms with Gasteiger partial charge in [-0.1, -0.05) is 0 Å². The van der Waals surface area contributed by atoms with Gasteiger partial charge in [0.2, 0.25) is 0 Å². The van der Waals surface area contributed by atoms with Gasteiger partial charge in [0.1, 0.15) is 17.6 Å². The summed E-state index contributed by atoms with van der Waals surface area (Å²) in [4.78, 5) is 0.926. The minimum absolute atomic E-state index is 0.633. The molecule has 0 aliphatic heterocycles. The van der Waals surface area contributed by atoms with Gasteiger partial charge in [0.15, 0.2) is 0 Å². The second-order valence-electron chi connectivity index (χ2n) is 4.31. The monoisotopic (exact) mass is 306 g/mol. The normalized spacial score (nSPS) is 12.6. The van der Waals surface area contributed by atoms with Crippen molar-refractivity contribution in [2.75, 3.05) is 14.2 Å². The third-order valence-electron chi connectivity index (χ3n) is 3.16. The molecule has 0 aliphatic carbocycles. The largest absolute Gasteiger partial charge is 0.497 e. The van der Waals surface area contributed by atoms with Crippen LogP contribution >= 0.6 is 22.7 Å². The summed E-state index contributed by atoms with van der Waals surface area (Å²) in [6.45, 7) is 0. The summed E-state index contributed by atoms with van der Waals surface area (Å²) in [6, 6.07) is 9.58. The molecule has 1 aromatic carbocycles. The van der Waals surface area contributed by atoms with Gasteiger partial charge >= 0.3 is 0 Å². The minimum atomic E-state index is -0.680. The molecule has 0 aliphatic rings. The highest BCUT2D eigenvalue weighted by molar-refractivity contribution is 7.26. The first-order valence-corrected chi connectivity index (χ1v) is 7.79. The van der Waals surface area contributed by atoms with E-state index in [9.17, 15) is 5.11 Å². The quantitative estimate of drug-likeness (QED) is 0.790. The first-order valence-electron chi connectivity index (χ1n) is 6.10. The van der Waals surface area contributed by atoms with E-state index < -0.39 is 6.10 Å². The second-order valence-corrected chi connectivity index (χ2v) is 6.37. The zero-order valence-electron chi connectivity index (χ0n) is 11.1. The molecule has 104 valence electrons. The van der Waals surface area contributed by atoms with Crippen LogP contribution in [-0.4, -0.2) is 19.3 Å². The van der Waals surface area contributed by atoms with Gasteiger partial charge in [-0.3, -0.25) is 0 Å². The van der Waals surface area contributed by atoms with E-state index >= 15 is 0 Å². The summed E-state index contributed by atoms with van der Waals surface area (Å²) in [5.41, 5.74) is 0.752. The van der Waals surface area contributed by atoms with Crippen molar-refractivity contribution >= 4 is 32.1 Å². The topological polar surface area (TPSA) is 38.7 Å². The third-order valence-corrected chi connectivity index (χ3v) is 5.31. The summed E-state index contributed by atoms with van der Waals surface area (Å²) < 4.78 is 12.9. The van der Waals surface area contributed by atoms with Gasteiger partial charge in [-0.05, 0) is 29.6 Å². The van der Waals surface area contributed by atoms with E-state index in [0.29, 0.717) is 11.5 Å².